The van der Waals surface area contributed by atoms with E-state index in [9.17, 15) is 13.2 Å². The van der Waals surface area contributed by atoms with Crippen LogP contribution in [0.15, 0.2) is 60.7 Å². The molecule has 8 heteroatoms. The van der Waals surface area contributed by atoms with E-state index in [-0.39, 0.29) is 12.3 Å². The maximum atomic E-state index is 12.7. The van der Waals surface area contributed by atoms with Crippen LogP contribution in [-0.4, -0.2) is 46.7 Å². The molecule has 0 aromatic heterocycles. The lowest BCUT2D eigenvalue weighted by molar-refractivity contribution is 0.0516. The molecule has 2 rings (SSSR count). The molecule has 170 valence electrons. The number of carbonyl (C=O) groups is 1. The van der Waals surface area contributed by atoms with Gasteiger partial charge in [-0.25, -0.2) is 4.79 Å². The molecule has 1 N–H and O–H groups in total. The molecule has 2 aromatic rings. The Bertz CT molecular complexity index is 903. The smallest absolute Gasteiger partial charge is 0.407 e. The largest absolute Gasteiger partial charge is 0.444 e. The second kappa shape index (κ2) is 10.4. The Morgan fingerprint density at radius 3 is 1.90 bits per heavy atom. The van der Waals surface area contributed by atoms with Gasteiger partial charge in [0.2, 0.25) is 0 Å². The molecule has 0 aliphatic heterocycles. The SMILES string of the molecule is CC(C)(C)OC(=O)N[C@@H](CCCOS(C)(=O)=O)[Si](C)(c1ccccc1)c1ccccc1. The molecule has 1 amide bonds. The normalized spacial score (nSPS) is 13.5. The standard InChI is InChI=1S/C23H33NO5SSi/c1-23(2,3)29-22(25)24-21(17-12-18-28-30(4,26)27)31(5,19-13-8-6-9-14-19)20-15-10-7-11-16-20/h6-11,13-16,21H,12,17-18H2,1-5H3,(H,24,25)/t21-/m1/s1. The molecule has 0 saturated carbocycles. The van der Waals surface area contributed by atoms with Crippen LogP contribution in [0.2, 0.25) is 6.55 Å². The Morgan fingerprint density at radius 1 is 1.00 bits per heavy atom. The van der Waals surface area contributed by atoms with Crippen molar-refractivity contribution in [3.05, 3.63) is 60.7 Å². The number of ether oxygens (including phenoxy) is 1. The van der Waals surface area contributed by atoms with Gasteiger partial charge in [-0.3, -0.25) is 4.18 Å². The first-order chi connectivity index (χ1) is 14.4. The Labute approximate surface area is 187 Å². The van der Waals surface area contributed by atoms with E-state index >= 15 is 0 Å². The molecule has 0 saturated heterocycles. The third kappa shape index (κ3) is 7.79. The molecular formula is C23H33NO5SSi. The lowest BCUT2D eigenvalue weighted by Gasteiger charge is -2.38. The van der Waals surface area contributed by atoms with E-state index < -0.39 is 29.9 Å². The van der Waals surface area contributed by atoms with Crippen LogP contribution in [0.3, 0.4) is 0 Å². The van der Waals surface area contributed by atoms with Crippen LogP contribution in [0.5, 0.6) is 0 Å². The van der Waals surface area contributed by atoms with Gasteiger partial charge < -0.3 is 10.1 Å². The number of hydrogen-bond donors (Lipinski definition) is 1. The molecule has 31 heavy (non-hydrogen) atoms. The van der Waals surface area contributed by atoms with Crippen LogP contribution < -0.4 is 15.7 Å². The molecule has 0 aliphatic carbocycles. The Morgan fingerprint density at radius 2 is 1.48 bits per heavy atom. The first-order valence-electron chi connectivity index (χ1n) is 10.4. The summed E-state index contributed by atoms with van der Waals surface area (Å²) in [6.07, 6.45) is 1.60. The van der Waals surface area contributed by atoms with E-state index in [2.05, 4.69) is 36.1 Å². The van der Waals surface area contributed by atoms with Gasteiger partial charge in [-0.2, -0.15) is 8.42 Å². The number of amides is 1. The average molecular weight is 464 g/mol. The van der Waals surface area contributed by atoms with Gasteiger partial charge in [0.1, 0.15) is 13.7 Å². The summed E-state index contributed by atoms with van der Waals surface area (Å²) in [7, 11) is -5.99. The van der Waals surface area contributed by atoms with Gasteiger partial charge in [-0.05, 0) is 33.6 Å². The number of benzene rings is 2. The van der Waals surface area contributed by atoms with Gasteiger partial charge in [-0.15, -0.1) is 0 Å². The monoisotopic (exact) mass is 463 g/mol. The summed E-state index contributed by atoms with van der Waals surface area (Å²) in [5.41, 5.74) is -0.846. The molecule has 1 atom stereocenters. The van der Waals surface area contributed by atoms with Gasteiger partial charge in [0, 0.05) is 5.67 Å². The fraction of sp³-hybridized carbons (Fsp3) is 0.435. The van der Waals surface area contributed by atoms with Crippen molar-refractivity contribution >= 4 is 34.7 Å². The molecule has 0 bridgehead atoms. The highest BCUT2D eigenvalue weighted by molar-refractivity contribution is 7.85. The van der Waals surface area contributed by atoms with E-state index in [4.69, 9.17) is 8.92 Å². The number of nitrogens with one attached hydrogen (secondary N) is 1. The van der Waals surface area contributed by atoms with Crippen molar-refractivity contribution in [3.8, 4) is 0 Å². The summed E-state index contributed by atoms with van der Waals surface area (Å²) in [5.74, 6) is 0. The second-order valence-electron chi connectivity index (χ2n) is 8.80. The van der Waals surface area contributed by atoms with Crippen LogP contribution in [0, 0.1) is 0 Å². The van der Waals surface area contributed by atoms with Crippen molar-refractivity contribution in [2.75, 3.05) is 12.9 Å². The summed E-state index contributed by atoms with van der Waals surface area (Å²) < 4.78 is 33.2. The van der Waals surface area contributed by atoms with Crippen LogP contribution in [0.25, 0.3) is 0 Å². The minimum atomic E-state index is -3.51. The van der Waals surface area contributed by atoms with Crippen LogP contribution in [-0.2, 0) is 19.0 Å². The Balaban J connectivity index is 2.41. The van der Waals surface area contributed by atoms with E-state index in [1.807, 2.05) is 57.2 Å². The summed E-state index contributed by atoms with van der Waals surface area (Å²) in [5, 5.41) is 5.45. The molecule has 0 aliphatic rings. The highest BCUT2D eigenvalue weighted by atomic mass is 32.2. The van der Waals surface area contributed by atoms with E-state index in [1.54, 1.807) is 0 Å². The zero-order valence-electron chi connectivity index (χ0n) is 18.9. The average Bonchev–Trinajstić information content (AvgIpc) is 2.69. The van der Waals surface area contributed by atoms with Crippen LogP contribution >= 0.6 is 0 Å². The predicted molar refractivity (Wildman–Crippen MR) is 127 cm³/mol. The minimum absolute atomic E-state index is 0.0688. The Hall–Kier alpha value is -2.16. The van der Waals surface area contributed by atoms with Crippen molar-refractivity contribution in [3.63, 3.8) is 0 Å². The van der Waals surface area contributed by atoms with E-state index in [0.29, 0.717) is 12.8 Å². The topological polar surface area (TPSA) is 81.7 Å². The van der Waals surface area contributed by atoms with Crippen molar-refractivity contribution in [2.24, 2.45) is 0 Å². The van der Waals surface area contributed by atoms with E-state index in [0.717, 1.165) is 6.26 Å². The van der Waals surface area contributed by atoms with E-state index in [1.165, 1.54) is 10.4 Å². The molecular weight excluding hydrogens is 430 g/mol. The quantitative estimate of drug-likeness (QED) is 0.351. The lowest BCUT2D eigenvalue weighted by Crippen LogP contribution is -2.69. The van der Waals surface area contributed by atoms with Gasteiger partial charge >= 0.3 is 6.09 Å². The molecule has 0 radical (unpaired) electrons. The summed E-state index contributed by atoms with van der Waals surface area (Å²) in [6, 6.07) is 20.3. The van der Waals surface area contributed by atoms with Crippen molar-refractivity contribution < 1.29 is 22.1 Å². The molecule has 6 nitrogen and oxygen atoms in total. The number of alkyl carbamates (subject to hydrolysis) is 1. The number of hydrogen-bond acceptors (Lipinski definition) is 5. The van der Waals surface area contributed by atoms with Crippen molar-refractivity contribution in [2.45, 2.75) is 51.4 Å². The second-order valence-corrected chi connectivity index (χ2v) is 14.7. The van der Waals surface area contributed by atoms with Crippen molar-refractivity contribution in [1.29, 1.82) is 0 Å². The molecule has 0 fully saturated rings. The van der Waals surface area contributed by atoms with Gasteiger partial charge in [0.15, 0.2) is 0 Å². The maximum Gasteiger partial charge on any atom is 0.407 e. The maximum absolute atomic E-state index is 12.7. The first kappa shape index (κ1) is 25.1. The number of rotatable bonds is 9. The lowest BCUT2D eigenvalue weighted by atomic mass is 10.2. The molecule has 0 spiro atoms. The number of carbonyl (C=O) groups excluding carboxylic acids is 1. The molecule has 0 unspecified atom stereocenters. The third-order valence-corrected chi connectivity index (χ3v) is 10.6. The highest BCUT2D eigenvalue weighted by Gasteiger charge is 2.41. The summed E-state index contributed by atoms with van der Waals surface area (Å²) in [4.78, 5) is 12.7. The van der Waals surface area contributed by atoms with Crippen LogP contribution in [0.4, 0.5) is 4.79 Å². The Kier molecular flexibility index (Phi) is 8.45. The van der Waals surface area contributed by atoms with Crippen LogP contribution in [0.1, 0.15) is 33.6 Å². The summed E-state index contributed by atoms with van der Waals surface area (Å²) in [6.45, 7) is 7.77. The third-order valence-electron chi connectivity index (χ3n) is 5.07. The highest BCUT2D eigenvalue weighted by Crippen LogP contribution is 2.17. The molecule has 0 heterocycles. The minimum Gasteiger partial charge on any atom is -0.444 e. The predicted octanol–water partition coefficient (Wildman–Crippen LogP) is 3.07. The molecule has 2 aromatic carbocycles. The van der Waals surface area contributed by atoms with Crippen molar-refractivity contribution in [1.82, 2.24) is 5.32 Å². The first-order valence-corrected chi connectivity index (χ1v) is 14.8. The van der Waals surface area contributed by atoms with Gasteiger partial charge in [-0.1, -0.05) is 77.6 Å². The fourth-order valence-electron chi connectivity index (χ4n) is 3.59. The zero-order chi connectivity index (χ0) is 23.1. The van der Waals surface area contributed by atoms with Gasteiger partial charge in [0.05, 0.1) is 12.9 Å². The zero-order valence-corrected chi connectivity index (χ0v) is 20.7. The van der Waals surface area contributed by atoms with Gasteiger partial charge in [0.25, 0.3) is 10.1 Å². The fourth-order valence-corrected chi connectivity index (χ4v) is 8.11. The summed E-state index contributed by atoms with van der Waals surface area (Å²) >= 11 is 0.